The van der Waals surface area contributed by atoms with E-state index in [9.17, 15) is 9.18 Å². The highest BCUT2D eigenvalue weighted by Crippen LogP contribution is 2.15. The molecular formula is C13H17FN2O2. The smallest absolute Gasteiger partial charge is 0.242 e. The molecule has 1 aromatic rings. The molecule has 1 aliphatic rings. The SMILES string of the molecule is NC1(C(=O)NCCc2ccccc2F)CCOC1. The predicted octanol–water partition coefficient (Wildman–Crippen LogP) is 0.602. The number of nitrogens with two attached hydrogens (primary N) is 1. The van der Waals surface area contributed by atoms with Crippen molar-refractivity contribution in [3.63, 3.8) is 0 Å². The lowest BCUT2D eigenvalue weighted by Crippen LogP contribution is -2.54. The van der Waals surface area contributed by atoms with E-state index < -0.39 is 5.54 Å². The molecule has 1 unspecified atom stereocenters. The number of carbonyl (C=O) groups is 1. The van der Waals surface area contributed by atoms with Crippen LogP contribution in [0.25, 0.3) is 0 Å². The molecule has 5 heteroatoms. The summed E-state index contributed by atoms with van der Waals surface area (Å²) in [5, 5.41) is 2.73. The van der Waals surface area contributed by atoms with E-state index in [2.05, 4.69) is 5.32 Å². The van der Waals surface area contributed by atoms with Crippen LogP contribution in [0.2, 0.25) is 0 Å². The fourth-order valence-electron chi connectivity index (χ4n) is 1.95. The van der Waals surface area contributed by atoms with Crippen LogP contribution in [0.15, 0.2) is 24.3 Å². The maximum absolute atomic E-state index is 13.3. The Hall–Kier alpha value is -1.46. The summed E-state index contributed by atoms with van der Waals surface area (Å²) in [4.78, 5) is 11.8. The number of amides is 1. The molecule has 1 heterocycles. The molecule has 1 aromatic carbocycles. The molecule has 0 radical (unpaired) electrons. The summed E-state index contributed by atoms with van der Waals surface area (Å²) in [7, 11) is 0. The standard InChI is InChI=1S/C13H17FN2O2/c14-11-4-2-1-3-10(11)5-7-16-12(17)13(15)6-8-18-9-13/h1-4H,5-9,15H2,(H,16,17). The van der Waals surface area contributed by atoms with Gasteiger partial charge in [-0.1, -0.05) is 18.2 Å². The van der Waals surface area contributed by atoms with Gasteiger partial charge in [-0.3, -0.25) is 4.79 Å². The average molecular weight is 252 g/mol. The molecule has 0 aliphatic carbocycles. The van der Waals surface area contributed by atoms with Crippen LogP contribution in [-0.4, -0.2) is 31.2 Å². The molecule has 0 saturated carbocycles. The monoisotopic (exact) mass is 252 g/mol. The highest BCUT2D eigenvalue weighted by Gasteiger charge is 2.37. The first-order valence-corrected chi connectivity index (χ1v) is 6.00. The summed E-state index contributed by atoms with van der Waals surface area (Å²) in [5.74, 6) is -0.477. The first kappa shape index (κ1) is 13.0. The van der Waals surface area contributed by atoms with E-state index in [4.69, 9.17) is 10.5 Å². The Balaban J connectivity index is 1.82. The van der Waals surface area contributed by atoms with Crippen molar-refractivity contribution in [1.29, 1.82) is 0 Å². The summed E-state index contributed by atoms with van der Waals surface area (Å²) in [6, 6.07) is 6.53. The molecule has 0 bridgehead atoms. The number of ether oxygens (including phenoxy) is 1. The second-order valence-corrected chi connectivity index (χ2v) is 4.56. The number of nitrogens with one attached hydrogen (secondary N) is 1. The van der Waals surface area contributed by atoms with Gasteiger partial charge in [0.15, 0.2) is 0 Å². The molecule has 2 rings (SSSR count). The second-order valence-electron chi connectivity index (χ2n) is 4.56. The van der Waals surface area contributed by atoms with Crippen LogP contribution < -0.4 is 11.1 Å². The fourth-order valence-corrected chi connectivity index (χ4v) is 1.95. The Morgan fingerprint density at radius 3 is 2.94 bits per heavy atom. The molecule has 1 aliphatic heterocycles. The quantitative estimate of drug-likeness (QED) is 0.825. The van der Waals surface area contributed by atoms with Gasteiger partial charge in [-0.05, 0) is 24.5 Å². The van der Waals surface area contributed by atoms with E-state index in [0.717, 1.165) is 0 Å². The number of benzene rings is 1. The van der Waals surface area contributed by atoms with Crippen molar-refractivity contribution in [2.45, 2.75) is 18.4 Å². The van der Waals surface area contributed by atoms with Gasteiger partial charge in [0.1, 0.15) is 11.4 Å². The predicted molar refractivity (Wildman–Crippen MR) is 65.5 cm³/mol. The Morgan fingerprint density at radius 1 is 1.50 bits per heavy atom. The first-order valence-electron chi connectivity index (χ1n) is 6.00. The van der Waals surface area contributed by atoms with Gasteiger partial charge >= 0.3 is 0 Å². The van der Waals surface area contributed by atoms with Gasteiger partial charge in [0.25, 0.3) is 0 Å². The van der Waals surface area contributed by atoms with Crippen LogP contribution in [0.3, 0.4) is 0 Å². The lowest BCUT2D eigenvalue weighted by molar-refractivity contribution is -0.126. The van der Waals surface area contributed by atoms with Gasteiger partial charge < -0.3 is 15.8 Å². The highest BCUT2D eigenvalue weighted by molar-refractivity contribution is 5.86. The minimum absolute atomic E-state index is 0.226. The normalized spacial score (nSPS) is 23.0. The lowest BCUT2D eigenvalue weighted by atomic mass is 9.99. The molecule has 18 heavy (non-hydrogen) atoms. The van der Waals surface area contributed by atoms with E-state index in [-0.39, 0.29) is 18.3 Å². The van der Waals surface area contributed by atoms with Gasteiger partial charge in [-0.15, -0.1) is 0 Å². The van der Waals surface area contributed by atoms with Crippen molar-refractivity contribution in [2.75, 3.05) is 19.8 Å². The van der Waals surface area contributed by atoms with Gasteiger partial charge in [0.2, 0.25) is 5.91 Å². The van der Waals surface area contributed by atoms with Crippen molar-refractivity contribution < 1.29 is 13.9 Å². The van der Waals surface area contributed by atoms with Crippen LogP contribution in [0.1, 0.15) is 12.0 Å². The zero-order valence-corrected chi connectivity index (χ0v) is 10.1. The fraction of sp³-hybridized carbons (Fsp3) is 0.462. The van der Waals surface area contributed by atoms with E-state index >= 15 is 0 Å². The molecule has 98 valence electrons. The molecule has 1 saturated heterocycles. The van der Waals surface area contributed by atoms with Crippen LogP contribution in [-0.2, 0) is 16.0 Å². The molecule has 0 aromatic heterocycles. The summed E-state index contributed by atoms with van der Waals surface area (Å²) in [5.41, 5.74) is 5.57. The average Bonchev–Trinajstić information content (AvgIpc) is 2.80. The van der Waals surface area contributed by atoms with Gasteiger partial charge in [0, 0.05) is 13.2 Å². The van der Waals surface area contributed by atoms with Crippen LogP contribution in [0, 0.1) is 5.82 Å². The van der Waals surface area contributed by atoms with Crippen LogP contribution in [0.4, 0.5) is 4.39 Å². The van der Waals surface area contributed by atoms with Crippen molar-refractivity contribution >= 4 is 5.91 Å². The summed E-state index contributed by atoms with van der Waals surface area (Å²) in [6.45, 7) is 1.13. The van der Waals surface area contributed by atoms with Crippen molar-refractivity contribution in [3.8, 4) is 0 Å². The summed E-state index contributed by atoms with van der Waals surface area (Å²) in [6.07, 6.45) is 0.980. The molecule has 4 nitrogen and oxygen atoms in total. The molecule has 1 fully saturated rings. The van der Waals surface area contributed by atoms with E-state index in [1.807, 2.05) is 0 Å². The third-order valence-electron chi connectivity index (χ3n) is 3.14. The Labute approximate surface area is 105 Å². The highest BCUT2D eigenvalue weighted by atomic mass is 19.1. The maximum atomic E-state index is 13.3. The van der Waals surface area contributed by atoms with E-state index in [0.29, 0.717) is 31.6 Å². The number of hydrogen-bond acceptors (Lipinski definition) is 3. The van der Waals surface area contributed by atoms with E-state index in [1.54, 1.807) is 18.2 Å². The minimum Gasteiger partial charge on any atom is -0.379 e. The van der Waals surface area contributed by atoms with Crippen molar-refractivity contribution in [3.05, 3.63) is 35.6 Å². The third kappa shape index (κ3) is 2.86. The van der Waals surface area contributed by atoms with Gasteiger partial charge in [0.05, 0.1) is 6.61 Å². The van der Waals surface area contributed by atoms with Crippen molar-refractivity contribution in [1.82, 2.24) is 5.32 Å². The zero-order valence-electron chi connectivity index (χ0n) is 10.1. The molecule has 3 N–H and O–H groups in total. The Bertz CT molecular complexity index is 431. The zero-order chi connectivity index (χ0) is 13.0. The minimum atomic E-state index is -0.921. The molecule has 1 amide bonds. The number of rotatable bonds is 4. The van der Waals surface area contributed by atoms with Crippen molar-refractivity contribution in [2.24, 2.45) is 5.73 Å². The Kier molecular flexibility index (Phi) is 3.93. The second kappa shape index (κ2) is 5.46. The van der Waals surface area contributed by atoms with Gasteiger partial charge in [-0.2, -0.15) is 0 Å². The summed E-state index contributed by atoms with van der Waals surface area (Å²) >= 11 is 0. The Morgan fingerprint density at radius 2 is 2.28 bits per heavy atom. The summed E-state index contributed by atoms with van der Waals surface area (Å²) < 4.78 is 18.5. The van der Waals surface area contributed by atoms with E-state index in [1.165, 1.54) is 6.07 Å². The topological polar surface area (TPSA) is 64.4 Å². The van der Waals surface area contributed by atoms with Gasteiger partial charge in [-0.25, -0.2) is 4.39 Å². The lowest BCUT2D eigenvalue weighted by Gasteiger charge is -2.20. The van der Waals surface area contributed by atoms with Crippen LogP contribution in [0.5, 0.6) is 0 Å². The third-order valence-corrected chi connectivity index (χ3v) is 3.14. The van der Waals surface area contributed by atoms with Crippen LogP contribution >= 0.6 is 0 Å². The molecule has 0 spiro atoms. The first-order chi connectivity index (χ1) is 8.62. The largest absolute Gasteiger partial charge is 0.379 e. The molecular weight excluding hydrogens is 235 g/mol. The number of carbonyl (C=O) groups excluding carboxylic acids is 1. The maximum Gasteiger partial charge on any atom is 0.242 e. The number of halogens is 1. The number of hydrogen-bond donors (Lipinski definition) is 2. The molecule has 1 atom stereocenters.